The molecule has 0 atom stereocenters. The SMILES string of the molecule is Cc1ccc(-c2c(N)noc2C(C)(C)S(C)(=O)=O)cc1C. The van der Waals surface area contributed by atoms with Gasteiger partial charge in [-0.2, -0.15) is 0 Å². The number of nitrogens with two attached hydrogens (primary N) is 1. The van der Waals surface area contributed by atoms with Gasteiger partial charge in [0.05, 0.1) is 5.56 Å². The van der Waals surface area contributed by atoms with Gasteiger partial charge in [-0.05, 0) is 44.4 Å². The van der Waals surface area contributed by atoms with Crippen LogP contribution in [0.1, 0.15) is 30.7 Å². The fourth-order valence-corrected chi connectivity index (χ4v) is 2.53. The van der Waals surface area contributed by atoms with Gasteiger partial charge in [0.2, 0.25) is 0 Å². The molecule has 0 radical (unpaired) electrons. The smallest absolute Gasteiger partial charge is 0.175 e. The Kier molecular flexibility index (Phi) is 3.61. The van der Waals surface area contributed by atoms with Gasteiger partial charge in [-0.25, -0.2) is 8.42 Å². The van der Waals surface area contributed by atoms with Crippen molar-refractivity contribution in [1.82, 2.24) is 5.16 Å². The summed E-state index contributed by atoms with van der Waals surface area (Å²) in [6, 6.07) is 5.82. The zero-order valence-corrected chi connectivity index (χ0v) is 13.7. The lowest BCUT2D eigenvalue weighted by atomic mass is 9.96. The molecule has 1 aromatic heterocycles. The molecule has 0 spiro atoms. The molecule has 0 aliphatic rings. The number of aromatic nitrogens is 1. The highest BCUT2D eigenvalue weighted by atomic mass is 32.2. The zero-order chi connectivity index (χ0) is 16.0. The van der Waals surface area contributed by atoms with Gasteiger partial charge in [0, 0.05) is 6.26 Å². The summed E-state index contributed by atoms with van der Waals surface area (Å²) in [5.74, 6) is 0.468. The van der Waals surface area contributed by atoms with Crippen molar-refractivity contribution in [2.45, 2.75) is 32.4 Å². The molecule has 0 fully saturated rings. The molecular weight excluding hydrogens is 288 g/mol. The van der Waals surface area contributed by atoms with Crippen molar-refractivity contribution in [1.29, 1.82) is 0 Å². The van der Waals surface area contributed by atoms with Crippen LogP contribution in [0.2, 0.25) is 0 Å². The Balaban J connectivity index is 2.72. The van der Waals surface area contributed by atoms with Crippen LogP contribution in [-0.2, 0) is 14.6 Å². The van der Waals surface area contributed by atoms with Gasteiger partial charge in [0.25, 0.3) is 0 Å². The fraction of sp³-hybridized carbons (Fsp3) is 0.400. The van der Waals surface area contributed by atoms with E-state index in [4.69, 9.17) is 10.3 Å². The van der Waals surface area contributed by atoms with Crippen LogP contribution in [0, 0.1) is 13.8 Å². The van der Waals surface area contributed by atoms with Crippen molar-refractivity contribution in [2.24, 2.45) is 0 Å². The van der Waals surface area contributed by atoms with Gasteiger partial charge in [0.1, 0.15) is 4.75 Å². The van der Waals surface area contributed by atoms with Crippen LogP contribution in [-0.4, -0.2) is 19.8 Å². The molecule has 1 aromatic carbocycles. The molecule has 2 aromatic rings. The summed E-state index contributed by atoms with van der Waals surface area (Å²) >= 11 is 0. The first-order valence-electron chi connectivity index (χ1n) is 6.58. The monoisotopic (exact) mass is 308 g/mol. The third-order valence-corrected chi connectivity index (χ3v) is 6.03. The van der Waals surface area contributed by atoms with Crippen LogP contribution in [0.4, 0.5) is 5.82 Å². The number of sulfone groups is 1. The minimum atomic E-state index is -3.38. The van der Waals surface area contributed by atoms with Gasteiger partial charge in [0.15, 0.2) is 21.4 Å². The predicted octanol–water partition coefficient (Wildman–Crippen LogP) is 2.82. The van der Waals surface area contributed by atoms with E-state index in [1.165, 1.54) is 6.26 Å². The number of rotatable bonds is 3. The number of benzene rings is 1. The van der Waals surface area contributed by atoms with Crippen molar-refractivity contribution < 1.29 is 12.9 Å². The first-order chi connectivity index (χ1) is 9.55. The summed E-state index contributed by atoms with van der Waals surface area (Å²) < 4.78 is 28.1. The molecule has 6 heteroatoms. The summed E-state index contributed by atoms with van der Waals surface area (Å²) in [6.45, 7) is 7.18. The highest BCUT2D eigenvalue weighted by Crippen LogP contribution is 2.40. The number of aryl methyl sites for hydroxylation is 2. The van der Waals surface area contributed by atoms with Crippen LogP contribution in [0.25, 0.3) is 11.1 Å². The van der Waals surface area contributed by atoms with Gasteiger partial charge >= 0.3 is 0 Å². The second kappa shape index (κ2) is 4.87. The van der Waals surface area contributed by atoms with E-state index in [0.29, 0.717) is 5.56 Å². The first-order valence-corrected chi connectivity index (χ1v) is 8.47. The van der Waals surface area contributed by atoms with Gasteiger partial charge < -0.3 is 10.3 Å². The molecule has 114 valence electrons. The van der Waals surface area contributed by atoms with Crippen LogP contribution in [0.3, 0.4) is 0 Å². The summed E-state index contributed by atoms with van der Waals surface area (Å²) in [7, 11) is -3.38. The van der Waals surface area contributed by atoms with Crippen molar-refractivity contribution in [3.63, 3.8) is 0 Å². The number of nitrogen functional groups attached to an aromatic ring is 1. The summed E-state index contributed by atoms with van der Waals surface area (Å²) in [4.78, 5) is 0. The molecule has 2 N–H and O–H groups in total. The van der Waals surface area contributed by atoms with E-state index in [-0.39, 0.29) is 11.6 Å². The summed E-state index contributed by atoms with van der Waals surface area (Å²) in [5, 5.41) is 3.76. The molecular formula is C15H20N2O3S. The third kappa shape index (κ3) is 2.55. The van der Waals surface area contributed by atoms with E-state index in [2.05, 4.69) is 5.16 Å². The molecule has 21 heavy (non-hydrogen) atoms. The summed E-state index contributed by atoms with van der Waals surface area (Å²) in [6.07, 6.45) is 1.18. The average Bonchev–Trinajstić information content (AvgIpc) is 2.74. The minimum absolute atomic E-state index is 0.199. The molecule has 1 heterocycles. The molecule has 0 saturated carbocycles. The van der Waals surface area contributed by atoms with Crippen LogP contribution >= 0.6 is 0 Å². The maximum absolute atomic E-state index is 12.0. The number of nitrogens with zero attached hydrogens (tertiary/aromatic N) is 1. The average molecular weight is 308 g/mol. The summed E-state index contributed by atoms with van der Waals surface area (Å²) in [5.41, 5.74) is 9.50. The molecule has 0 saturated heterocycles. The fourth-order valence-electron chi connectivity index (χ4n) is 2.06. The van der Waals surface area contributed by atoms with Crippen LogP contribution in [0.15, 0.2) is 22.7 Å². The molecule has 0 aliphatic heterocycles. The van der Waals surface area contributed by atoms with Crippen molar-refractivity contribution in [3.8, 4) is 11.1 Å². The Morgan fingerprint density at radius 1 is 1.19 bits per heavy atom. The quantitative estimate of drug-likeness (QED) is 0.942. The van der Waals surface area contributed by atoms with Crippen molar-refractivity contribution >= 4 is 15.7 Å². The molecule has 2 rings (SSSR count). The normalized spacial score (nSPS) is 12.6. The second-order valence-corrected chi connectivity index (χ2v) is 8.42. The standard InChI is InChI=1S/C15H20N2O3S/c1-9-6-7-11(8-10(9)2)12-13(20-17-14(12)16)15(3,4)21(5,18)19/h6-8H,1-5H3,(H2,16,17). The molecule has 0 unspecified atom stereocenters. The third-order valence-electron chi connectivity index (χ3n) is 3.99. The maximum Gasteiger partial charge on any atom is 0.175 e. The van der Waals surface area contributed by atoms with Gasteiger partial charge in [-0.15, -0.1) is 0 Å². The Hall–Kier alpha value is -1.82. The largest absolute Gasteiger partial charge is 0.380 e. The number of hydrogen-bond donors (Lipinski definition) is 1. The zero-order valence-electron chi connectivity index (χ0n) is 12.9. The number of anilines is 1. The highest BCUT2D eigenvalue weighted by Gasteiger charge is 2.39. The highest BCUT2D eigenvalue weighted by molar-refractivity contribution is 7.91. The first kappa shape index (κ1) is 15.6. The van der Waals surface area contributed by atoms with Crippen molar-refractivity contribution in [3.05, 3.63) is 35.1 Å². The van der Waals surface area contributed by atoms with E-state index in [9.17, 15) is 8.42 Å². The predicted molar refractivity (Wildman–Crippen MR) is 83.7 cm³/mol. The Labute approximate surface area is 125 Å². The van der Waals surface area contributed by atoms with E-state index >= 15 is 0 Å². The lowest BCUT2D eigenvalue weighted by Gasteiger charge is -2.20. The Morgan fingerprint density at radius 3 is 2.33 bits per heavy atom. The molecule has 5 nitrogen and oxygen atoms in total. The lowest BCUT2D eigenvalue weighted by Crippen LogP contribution is -2.28. The van der Waals surface area contributed by atoms with Crippen LogP contribution in [0.5, 0.6) is 0 Å². The van der Waals surface area contributed by atoms with E-state index in [0.717, 1.165) is 16.7 Å². The minimum Gasteiger partial charge on any atom is -0.380 e. The Morgan fingerprint density at radius 2 is 1.81 bits per heavy atom. The topological polar surface area (TPSA) is 86.2 Å². The maximum atomic E-state index is 12.0. The second-order valence-electron chi connectivity index (χ2n) is 5.85. The van der Waals surface area contributed by atoms with E-state index in [1.807, 2.05) is 32.0 Å². The molecule has 0 amide bonds. The molecule has 0 bridgehead atoms. The van der Waals surface area contributed by atoms with E-state index < -0.39 is 14.6 Å². The number of hydrogen-bond acceptors (Lipinski definition) is 5. The lowest BCUT2D eigenvalue weighted by molar-refractivity contribution is 0.357. The van der Waals surface area contributed by atoms with Crippen molar-refractivity contribution in [2.75, 3.05) is 12.0 Å². The van der Waals surface area contributed by atoms with Gasteiger partial charge in [-0.3, -0.25) is 0 Å². The van der Waals surface area contributed by atoms with E-state index in [1.54, 1.807) is 13.8 Å². The van der Waals surface area contributed by atoms with Gasteiger partial charge in [-0.1, -0.05) is 23.4 Å². The molecule has 0 aliphatic carbocycles. The Bertz CT molecular complexity index is 789. The van der Waals surface area contributed by atoms with Crippen LogP contribution < -0.4 is 5.73 Å².